The summed E-state index contributed by atoms with van der Waals surface area (Å²) in [6.07, 6.45) is 6.09. The van der Waals surface area contributed by atoms with E-state index in [4.69, 9.17) is 0 Å². The minimum atomic E-state index is 0.636. The number of aryl methyl sites for hydroxylation is 2. The number of anilines is 1. The van der Waals surface area contributed by atoms with Gasteiger partial charge in [0.15, 0.2) is 0 Å². The molecule has 0 saturated carbocycles. The van der Waals surface area contributed by atoms with Crippen molar-refractivity contribution < 1.29 is 0 Å². The zero-order valence-corrected chi connectivity index (χ0v) is 12.9. The lowest BCUT2D eigenvalue weighted by Gasteiger charge is -2.36. The molecule has 0 N–H and O–H groups in total. The van der Waals surface area contributed by atoms with Crippen LogP contribution in [-0.4, -0.2) is 27.9 Å². The normalized spacial score (nSPS) is 20.2. The Morgan fingerprint density at radius 3 is 2.94 bits per heavy atom. The second-order valence-corrected chi connectivity index (χ2v) is 5.73. The molecule has 100 valence electrons. The van der Waals surface area contributed by atoms with Crippen LogP contribution in [0, 0.1) is 6.92 Å². The Balaban J connectivity index is 2.24. The summed E-state index contributed by atoms with van der Waals surface area (Å²) >= 11 is 3.57. The average Bonchev–Trinajstić information content (AvgIpc) is 2.39. The molecule has 0 spiro atoms. The summed E-state index contributed by atoms with van der Waals surface area (Å²) in [6, 6.07) is 2.80. The third kappa shape index (κ3) is 3.22. The van der Waals surface area contributed by atoms with Gasteiger partial charge >= 0.3 is 0 Å². The zero-order chi connectivity index (χ0) is 13.0. The van der Waals surface area contributed by atoms with Gasteiger partial charge in [-0.05, 0) is 39.0 Å². The van der Waals surface area contributed by atoms with Gasteiger partial charge in [-0.25, -0.2) is 9.97 Å². The molecule has 2 heterocycles. The van der Waals surface area contributed by atoms with Crippen LogP contribution in [-0.2, 0) is 6.42 Å². The van der Waals surface area contributed by atoms with Crippen molar-refractivity contribution in [2.45, 2.75) is 52.0 Å². The monoisotopic (exact) mass is 311 g/mol. The van der Waals surface area contributed by atoms with E-state index in [2.05, 4.69) is 43.8 Å². The number of hydrogen-bond donors (Lipinski definition) is 0. The van der Waals surface area contributed by atoms with Gasteiger partial charge in [0.2, 0.25) is 0 Å². The first kappa shape index (κ1) is 13.8. The number of aromatic nitrogens is 2. The van der Waals surface area contributed by atoms with Crippen LogP contribution in [0.3, 0.4) is 0 Å². The first-order valence-electron chi connectivity index (χ1n) is 6.91. The maximum absolute atomic E-state index is 4.64. The van der Waals surface area contributed by atoms with Gasteiger partial charge in [0.05, 0.1) is 0 Å². The molecule has 1 fully saturated rings. The fraction of sp³-hybridized carbons (Fsp3) is 0.714. The van der Waals surface area contributed by atoms with E-state index in [1.54, 1.807) is 0 Å². The smallest absolute Gasteiger partial charge is 0.132 e. The lowest BCUT2D eigenvalue weighted by molar-refractivity contribution is 0.449. The Hall–Kier alpha value is -0.640. The van der Waals surface area contributed by atoms with E-state index in [1.165, 1.54) is 25.7 Å². The molecule has 1 atom stereocenters. The molecule has 1 saturated heterocycles. The first-order chi connectivity index (χ1) is 8.74. The summed E-state index contributed by atoms with van der Waals surface area (Å²) in [7, 11) is 0. The first-order valence-corrected chi connectivity index (χ1v) is 8.04. The molecule has 2 rings (SSSR count). The summed E-state index contributed by atoms with van der Waals surface area (Å²) in [5, 5.41) is 1.07. The van der Waals surface area contributed by atoms with Crippen LogP contribution in [0.25, 0.3) is 0 Å². The Bertz CT molecular complexity index is 393. The van der Waals surface area contributed by atoms with E-state index < -0.39 is 0 Å². The number of halogens is 1. The third-order valence-electron chi connectivity index (χ3n) is 3.60. The Labute approximate surface area is 118 Å². The van der Waals surface area contributed by atoms with Gasteiger partial charge in [-0.3, -0.25) is 0 Å². The molecular weight excluding hydrogens is 290 g/mol. The van der Waals surface area contributed by atoms with Crippen LogP contribution in [0.1, 0.15) is 44.1 Å². The van der Waals surface area contributed by atoms with E-state index in [0.717, 1.165) is 35.6 Å². The third-order valence-corrected chi connectivity index (χ3v) is 4.06. The molecule has 0 amide bonds. The molecule has 4 heteroatoms. The number of alkyl halides is 1. The highest BCUT2D eigenvalue weighted by molar-refractivity contribution is 9.09. The highest BCUT2D eigenvalue weighted by Crippen LogP contribution is 2.26. The molecule has 0 aliphatic carbocycles. The van der Waals surface area contributed by atoms with Crippen LogP contribution in [0.2, 0.25) is 0 Å². The van der Waals surface area contributed by atoms with Crippen molar-refractivity contribution in [1.29, 1.82) is 0 Å². The molecule has 3 nitrogen and oxygen atoms in total. The molecule has 1 aliphatic heterocycles. The maximum atomic E-state index is 4.64. The second kappa shape index (κ2) is 6.50. The van der Waals surface area contributed by atoms with Gasteiger partial charge in [-0.15, -0.1) is 0 Å². The average molecular weight is 312 g/mol. The molecule has 1 aromatic heterocycles. The van der Waals surface area contributed by atoms with Crippen molar-refractivity contribution in [1.82, 2.24) is 9.97 Å². The minimum Gasteiger partial charge on any atom is -0.353 e. The number of hydrogen-bond acceptors (Lipinski definition) is 3. The number of rotatable bonds is 4. The molecule has 1 aromatic rings. The van der Waals surface area contributed by atoms with Crippen LogP contribution >= 0.6 is 15.9 Å². The quantitative estimate of drug-likeness (QED) is 0.797. The predicted octanol–water partition coefficient (Wildman–Crippen LogP) is 3.49. The van der Waals surface area contributed by atoms with Crippen LogP contribution < -0.4 is 4.90 Å². The SMILES string of the molecule is CCc1cc(N2CCCCC2CCBr)nc(C)n1. The van der Waals surface area contributed by atoms with Gasteiger partial charge in [0.1, 0.15) is 11.6 Å². The van der Waals surface area contributed by atoms with E-state index in [0.29, 0.717) is 6.04 Å². The molecule has 1 unspecified atom stereocenters. The zero-order valence-electron chi connectivity index (χ0n) is 11.3. The van der Waals surface area contributed by atoms with Crippen molar-refractivity contribution in [3.63, 3.8) is 0 Å². The molecule has 18 heavy (non-hydrogen) atoms. The van der Waals surface area contributed by atoms with Crippen LogP contribution in [0.5, 0.6) is 0 Å². The highest BCUT2D eigenvalue weighted by atomic mass is 79.9. The highest BCUT2D eigenvalue weighted by Gasteiger charge is 2.23. The molecular formula is C14H22BrN3. The largest absolute Gasteiger partial charge is 0.353 e. The van der Waals surface area contributed by atoms with E-state index in [-0.39, 0.29) is 0 Å². The van der Waals surface area contributed by atoms with E-state index in [9.17, 15) is 0 Å². The van der Waals surface area contributed by atoms with E-state index >= 15 is 0 Å². The Morgan fingerprint density at radius 1 is 1.39 bits per heavy atom. The fourth-order valence-electron chi connectivity index (χ4n) is 2.67. The topological polar surface area (TPSA) is 29.0 Å². The van der Waals surface area contributed by atoms with Crippen molar-refractivity contribution in [3.8, 4) is 0 Å². The standard InChI is InChI=1S/C14H22BrN3/c1-3-12-10-14(17-11(2)16-12)18-9-5-4-6-13(18)7-8-15/h10,13H,3-9H2,1-2H3. The van der Waals surface area contributed by atoms with Gasteiger partial charge in [0.25, 0.3) is 0 Å². The maximum Gasteiger partial charge on any atom is 0.132 e. The molecule has 0 bridgehead atoms. The summed E-state index contributed by atoms with van der Waals surface area (Å²) < 4.78 is 0. The van der Waals surface area contributed by atoms with Crippen molar-refractivity contribution >= 4 is 21.7 Å². The van der Waals surface area contributed by atoms with Crippen LogP contribution in [0.15, 0.2) is 6.07 Å². The van der Waals surface area contributed by atoms with Crippen molar-refractivity contribution in [3.05, 3.63) is 17.6 Å². The minimum absolute atomic E-state index is 0.636. The van der Waals surface area contributed by atoms with Gasteiger partial charge in [0, 0.05) is 29.7 Å². The second-order valence-electron chi connectivity index (χ2n) is 4.94. The van der Waals surface area contributed by atoms with Crippen LogP contribution in [0.4, 0.5) is 5.82 Å². The van der Waals surface area contributed by atoms with Crippen molar-refractivity contribution in [2.24, 2.45) is 0 Å². The van der Waals surface area contributed by atoms with Gasteiger partial charge in [-0.2, -0.15) is 0 Å². The molecule has 0 aromatic carbocycles. The summed E-state index contributed by atoms with van der Waals surface area (Å²) in [4.78, 5) is 11.6. The number of nitrogens with zero attached hydrogens (tertiary/aromatic N) is 3. The Morgan fingerprint density at radius 2 is 2.22 bits per heavy atom. The van der Waals surface area contributed by atoms with E-state index in [1.807, 2.05) is 6.92 Å². The number of piperidine rings is 1. The van der Waals surface area contributed by atoms with Gasteiger partial charge in [-0.1, -0.05) is 22.9 Å². The fourth-order valence-corrected chi connectivity index (χ4v) is 3.20. The lowest BCUT2D eigenvalue weighted by atomic mass is 10.00. The summed E-state index contributed by atoms with van der Waals surface area (Å²) in [5.74, 6) is 2.03. The van der Waals surface area contributed by atoms with Gasteiger partial charge < -0.3 is 4.90 Å². The molecule has 1 aliphatic rings. The van der Waals surface area contributed by atoms with Crippen molar-refractivity contribution in [2.75, 3.05) is 16.8 Å². The Kier molecular flexibility index (Phi) is 4.98. The summed E-state index contributed by atoms with van der Waals surface area (Å²) in [6.45, 7) is 5.28. The summed E-state index contributed by atoms with van der Waals surface area (Å²) in [5.41, 5.74) is 1.15. The predicted molar refractivity (Wildman–Crippen MR) is 79.5 cm³/mol. The lowest BCUT2D eigenvalue weighted by Crippen LogP contribution is -2.40. The molecule has 0 radical (unpaired) electrons.